The van der Waals surface area contributed by atoms with Gasteiger partial charge in [-0.15, -0.1) is 0 Å². The van der Waals surface area contributed by atoms with E-state index in [1.54, 1.807) is 0 Å². The summed E-state index contributed by atoms with van der Waals surface area (Å²) in [5.74, 6) is 0.631. The van der Waals surface area contributed by atoms with Crippen molar-refractivity contribution in [1.29, 1.82) is 0 Å². The molecule has 1 aliphatic rings. The molecular formula is C7H11N3. The number of anilines is 1. The molecule has 1 aromatic rings. The van der Waals surface area contributed by atoms with E-state index < -0.39 is 0 Å². The number of aromatic nitrogens is 2. The molecular weight excluding hydrogens is 126 g/mol. The largest absolute Gasteiger partial charge is 0.382 e. The average Bonchev–Trinajstić information content (AvgIpc) is 2.10. The molecule has 1 aromatic heterocycles. The number of nitrogen functional groups attached to an aromatic ring is 1. The van der Waals surface area contributed by atoms with E-state index in [-0.39, 0.29) is 0 Å². The molecule has 1 saturated carbocycles. The Balaban J connectivity index is 2.17. The van der Waals surface area contributed by atoms with Crippen molar-refractivity contribution in [2.24, 2.45) is 0 Å². The summed E-state index contributed by atoms with van der Waals surface area (Å²) >= 11 is 0. The van der Waals surface area contributed by atoms with E-state index in [9.17, 15) is 0 Å². The molecule has 0 atom stereocenters. The van der Waals surface area contributed by atoms with Crippen LogP contribution in [0, 0.1) is 0 Å². The molecule has 10 heavy (non-hydrogen) atoms. The molecule has 1 aliphatic carbocycles. The second-order valence-corrected chi connectivity index (χ2v) is 2.81. The topological polar surface area (TPSA) is 43.8 Å². The predicted molar refractivity (Wildman–Crippen MR) is 39.5 cm³/mol. The van der Waals surface area contributed by atoms with Crippen LogP contribution in [-0.2, 0) is 0 Å². The third kappa shape index (κ3) is 0.781. The van der Waals surface area contributed by atoms with Crippen LogP contribution in [0.25, 0.3) is 0 Å². The lowest BCUT2D eigenvalue weighted by atomic mass is 9.93. The molecule has 0 radical (unpaired) electrons. The Kier molecular flexibility index (Phi) is 1.16. The predicted octanol–water partition coefficient (Wildman–Crippen LogP) is 1.19. The van der Waals surface area contributed by atoms with Gasteiger partial charge in [0.25, 0.3) is 0 Å². The minimum Gasteiger partial charge on any atom is -0.382 e. The monoisotopic (exact) mass is 137 g/mol. The summed E-state index contributed by atoms with van der Waals surface area (Å²) in [7, 11) is 0. The molecule has 0 saturated heterocycles. The fourth-order valence-electron chi connectivity index (χ4n) is 1.21. The quantitative estimate of drug-likeness (QED) is 0.631. The van der Waals surface area contributed by atoms with Crippen molar-refractivity contribution in [3.63, 3.8) is 0 Å². The molecule has 0 unspecified atom stereocenters. The second-order valence-electron chi connectivity index (χ2n) is 2.81. The molecule has 0 spiro atoms. The highest BCUT2D eigenvalue weighted by molar-refractivity contribution is 5.24. The Hall–Kier alpha value is -0.990. The first-order chi connectivity index (χ1) is 4.86. The smallest absolute Gasteiger partial charge is 0.145 e. The van der Waals surface area contributed by atoms with Gasteiger partial charge in [-0.25, -0.2) is 0 Å². The van der Waals surface area contributed by atoms with E-state index in [1.165, 1.54) is 19.3 Å². The fraction of sp³-hybridized carbons (Fsp3) is 0.571. The van der Waals surface area contributed by atoms with E-state index in [0.717, 1.165) is 0 Å². The number of rotatable bonds is 1. The molecule has 0 aromatic carbocycles. The Labute approximate surface area is 59.8 Å². The van der Waals surface area contributed by atoms with Crippen molar-refractivity contribution < 1.29 is 0 Å². The van der Waals surface area contributed by atoms with E-state index in [4.69, 9.17) is 5.73 Å². The lowest BCUT2D eigenvalue weighted by molar-refractivity contribution is 0.290. The number of hydrogen-bond acceptors (Lipinski definition) is 2. The Morgan fingerprint density at radius 1 is 1.60 bits per heavy atom. The van der Waals surface area contributed by atoms with Gasteiger partial charge in [0.2, 0.25) is 0 Å². The molecule has 2 N–H and O–H groups in total. The van der Waals surface area contributed by atoms with Crippen LogP contribution in [0.3, 0.4) is 0 Å². The van der Waals surface area contributed by atoms with Crippen LogP contribution < -0.4 is 5.73 Å². The highest BCUT2D eigenvalue weighted by atomic mass is 15.3. The first-order valence-corrected chi connectivity index (χ1v) is 3.67. The third-order valence-corrected chi connectivity index (χ3v) is 2.08. The molecule has 54 valence electrons. The first-order valence-electron chi connectivity index (χ1n) is 3.67. The van der Waals surface area contributed by atoms with Crippen molar-refractivity contribution >= 4 is 5.82 Å². The third-order valence-electron chi connectivity index (χ3n) is 2.08. The van der Waals surface area contributed by atoms with Crippen molar-refractivity contribution in [3.05, 3.63) is 12.3 Å². The normalized spacial score (nSPS) is 18.8. The maximum Gasteiger partial charge on any atom is 0.145 e. The van der Waals surface area contributed by atoms with Gasteiger partial charge < -0.3 is 5.73 Å². The van der Waals surface area contributed by atoms with Gasteiger partial charge in [-0.1, -0.05) is 0 Å². The van der Waals surface area contributed by atoms with Crippen LogP contribution in [0.1, 0.15) is 25.3 Å². The van der Waals surface area contributed by atoms with E-state index in [2.05, 4.69) is 5.10 Å². The van der Waals surface area contributed by atoms with Crippen LogP contribution in [0.15, 0.2) is 12.3 Å². The van der Waals surface area contributed by atoms with Gasteiger partial charge in [0.1, 0.15) is 5.82 Å². The average molecular weight is 137 g/mol. The van der Waals surface area contributed by atoms with Gasteiger partial charge in [0.15, 0.2) is 0 Å². The molecule has 0 aliphatic heterocycles. The van der Waals surface area contributed by atoms with Crippen molar-refractivity contribution in [2.75, 3.05) is 5.73 Å². The first kappa shape index (κ1) is 5.77. The molecule has 2 rings (SSSR count). The summed E-state index contributed by atoms with van der Waals surface area (Å²) in [6, 6.07) is 2.48. The number of nitrogens with two attached hydrogens (primary N) is 1. The standard InChI is InChI=1S/C7H11N3/c8-7-4-5-10(9-7)6-2-1-3-6/h4-6H,1-3H2,(H2,8,9). The summed E-state index contributed by atoms with van der Waals surface area (Å²) in [4.78, 5) is 0. The summed E-state index contributed by atoms with van der Waals surface area (Å²) in [5.41, 5.74) is 5.46. The lowest BCUT2D eigenvalue weighted by Crippen LogP contribution is -2.17. The summed E-state index contributed by atoms with van der Waals surface area (Å²) in [5, 5.41) is 4.13. The van der Waals surface area contributed by atoms with Crippen LogP contribution in [-0.4, -0.2) is 9.78 Å². The Bertz CT molecular complexity index is 225. The molecule has 0 bridgehead atoms. The van der Waals surface area contributed by atoms with E-state index >= 15 is 0 Å². The van der Waals surface area contributed by atoms with Gasteiger partial charge in [-0.05, 0) is 25.3 Å². The molecule has 1 fully saturated rings. The zero-order valence-corrected chi connectivity index (χ0v) is 5.83. The number of hydrogen-bond donors (Lipinski definition) is 1. The zero-order chi connectivity index (χ0) is 6.97. The molecule has 3 nitrogen and oxygen atoms in total. The minimum atomic E-state index is 0.631. The van der Waals surface area contributed by atoms with Crippen LogP contribution in [0.2, 0.25) is 0 Å². The summed E-state index contributed by atoms with van der Waals surface area (Å²) < 4.78 is 1.97. The maximum absolute atomic E-state index is 5.46. The molecule has 1 heterocycles. The van der Waals surface area contributed by atoms with Gasteiger partial charge in [0.05, 0.1) is 6.04 Å². The van der Waals surface area contributed by atoms with E-state index in [0.29, 0.717) is 11.9 Å². The molecule has 0 amide bonds. The fourth-order valence-corrected chi connectivity index (χ4v) is 1.21. The van der Waals surface area contributed by atoms with E-state index in [1.807, 2.05) is 16.9 Å². The van der Waals surface area contributed by atoms with Gasteiger partial charge >= 0.3 is 0 Å². The van der Waals surface area contributed by atoms with Crippen LogP contribution >= 0.6 is 0 Å². The summed E-state index contributed by atoms with van der Waals surface area (Å²) in [6.07, 6.45) is 5.83. The molecule has 3 heteroatoms. The highest BCUT2D eigenvalue weighted by Gasteiger charge is 2.19. The Morgan fingerprint density at radius 3 is 2.80 bits per heavy atom. The SMILES string of the molecule is Nc1ccn(C2CCC2)n1. The van der Waals surface area contributed by atoms with Gasteiger partial charge in [0, 0.05) is 6.20 Å². The zero-order valence-electron chi connectivity index (χ0n) is 5.83. The van der Waals surface area contributed by atoms with Crippen molar-refractivity contribution in [3.8, 4) is 0 Å². The lowest BCUT2D eigenvalue weighted by Gasteiger charge is -2.25. The second kappa shape index (κ2) is 2.01. The Morgan fingerprint density at radius 2 is 2.40 bits per heavy atom. The van der Waals surface area contributed by atoms with Crippen molar-refractivity contribution in [1.82, 2.24) is 9.78 Å². The van der Waals surface area contributed by atoms with Gasteiger partial charge in [-0.2, -0.15) is 5.10 Å². The number of nitrogens with zero attached hydrogens (tertiary/aromatic N) is 2. The maximum atomic E-state index is 5.46. The van der Waals surface area contributed by atoms with Gasteiger partial charge in [-0.3, -0.25) is 4.68 Å². The van der Waals surface area contributed by atoms with Crippen molar-refractivity contribution in [2.45, 2.75) is 25.3 Å². The van der Waals surface area contributed by atoms with Crippen LogP contribution in [0.5, 0.6) is 0 Å². The van der Waals surface area contributed by atoms with Crippen LogP contribution in [0.4, 0.5) is 5.82 Å². The minimum absolute atomic E-state index is 0.631. The summed E-state index contributed by atoms with van der Waals surface area (Å²) in [6.45, 7) is 0. The highest BCUT2D eigenvalue weighted by Crippen LogP contribution is 2.30.